The highest BCUT2D eigenvalue weighted by Gasteiger charge is 2.76. The van der Waals surface area contributed by atoms with Gasteiger partial charge in [-0.1, -0.05) is 71.7 Å². The van der Waals surface area contributed by atoms with Gasteiger partial charge in [0.15, 0.2) is 0 Å². The number of hydrogen-bond acceptors (Lipinski definition) is 5. The Bertz CT molecular complexity index is 1220. The molecule has 37 heavy (non-hydrogen) atoms. The van der Waals surface area contributed by atoms with Crippen LogP contribution in [0.2, 0.25) is 5.02 Å². The number of carbonyl (C=O) groups is 3. The van der Waals surface area contributed by atoms with Gasteiger partial charge in [0.05, 0.1) is 39.9 Å². The molecule has 5 rings (SSSR count). The molecule has 2 aromatic carbocycles. The number of hydrogen-bond donors (Lipinski definition) is 3. The predicted molar refractivity (Wildman–Crippen MR) is 150 cm³/mol. The lowest BCUT2D eigenvalue weighted by molar-refractivity contribution is -0.142. The molecule has 3 aliphatic heterocycles. The highest BCUT2D eigenvalue weighted by atomic mass is 79.9. The largest absolute Gasteiger partial charge is 0.394 e. The van der Waals surface area contributed by atoms with E-state index in [1.54, 1.807) is 40.9 Å². The Balaban J connectivity index is 1.55. The molecule has 196 valence electrons. The summed E-state index contributed by atoms with van der Waals surface area (Å²) in [6, 6.07) is 14.7. The lowest BCUT2D eigenvalue weighted by Crippen LogP contribution is -2.56. The standard InChI is InChI=1S/C27H29BrClN3O4S/c1-14(2)19(13-33)32-23(25(35)31-18-11-7-6-10-17(18)29)27-12-16(28)22(37-27)20(21(27)26(32)36)24(34)30-15-8-4-3-5-9-15/h3-11,14,16,19-23,33H,12-13H2,1-2H3,(H,30,34)(H,31,35)/t16?,19-,20+,21-,22+,23?,27?/m0/s1. The number of amides is 3. The number of anilines is 2. The number of aliphatic hydroxyl groups excluding tert-OH is 1. The van der Waals surface area contributed by atoms with Crippen LogP contribution in [0.3, 0.4) is 0 Å². The summed E-state index contributed by atoms with van der Waals surface area (Å²) >= 11 is 11.7. The summed E-state index contributed by atoms with van der Waals surface area (Å²) in [5.74, 6) is -2.25. The third kappa shape index (κ3) is 4.37. The minimum Gasteiger partial charge on any atom is -0.394 e. The Morgan fingerprint density at radius 2 is 1.81 bits per heavy atom. The number of thioether (sulfide) groups is 1. The molecule has 0 saturated carbocycles. The van der Waals surface area contributed by atoms with Crippen molar-refractivity contribution in [1.29, 1.82) is 0 Å². The molecule has 3 heterocycles. The van der Waals surface area contributed by atoms with Crippen molar-refractivity contribution in [2.24, 2.45) is 17.8 Å². The van der Waals surface area contributed by atoms with E-state index in [9.17, 15) is 19.5 Å². The Labute approximate surface area is 233 Å². The van der Waals surface area contributed by atoms with Crippen LogP contribution in [-0.2, 0) is 14.4 Å². The highest BCUT2D eigenvalue weighted by molar-refractivity contribution is 9.09. The summed E-state index contributed by atoms with van der Waals surface area (Å²) in [7, 11) is 0. The summed E-state index contributed by atoms with van der Waals surface area (Å²) in [5, 5.41) is 16.5. The van der Waals surface area contributed by atoms with E-state index in [2.05, 4.69) is 26.6 Å². The molecular weight excluding hydrogens is 578 g/mol. The molecule has 3 unspecified atom stereocenters. The van der Waals surface area contributed by atoms with Gasteiger partial charge in [-0.2, -0.15) is 0 Å². The molecule has 3 aliphatic rings. The van der Waals surface area contributed by atoms with Gasteiger partial charge < -0.3 is 20.6 Å². The Kier molecular flexibility index (Phi) is 7.35. The molecule has 2 bridgehead atoms. The van der Waals surface area contributed by atoms with Crippen LogP contribution in [0.5, 0.6) is 0 Å². The molecule has 3 amide bonds. The van der Waals surface area contributed by atoms with Crippen molar-refractivity contribution in [3.05, 3.63) is 59.6 Å². The van der Waals surface area contributed by atoms with Gasteiger partial charge in [0.2, 0.25) is 17.7 Å². The predicted octanol–water partition coefficient (Wildman–Crippen LogP) is 4.40. The molecule has 3 fully saturated rings. The smallest absolute Gasteiger partial charge is 0.248 e. The van der Waals surface area contributed by atoms with Gasteiger partial charge >= 0.3 is 0 Å². The van der Waals surface area contributed by atoms with Gasteiger partial charge in [-0.05, 0) is 36.6 Å². The van der Waals surface area contributed by atoms with Gasteiger partial charge in [0.25, 0.3) is 0 Å². The van der Waals surface area contributed by atoms with Gasteiger partial charge in [-0.3, -0.25) is 14.4 Å². The average Bonchev–Trinajstić information content (AvgIpc) is 3.45. The molecule has 7 nitrogen and oxygen atoms in total. The number of nitrogens with one attached hydrogen (secondary N) is 2. The number of aliphatic hydroxyl groups is 1. The Hall–Kier alpha value is -2.07. The van der Waals surface area contributed by atoms with Crippen LogP contribution in [0, 0.1) is 17.8 Å². The lowest BCUT2D eigenvalue weighted by atomic mass is 9.70. The van der Waals surface area contributed by atoms with Gasteiger partial charge in [-0.15, -0.1) is 11.8 Å². The van der Waals surface area contributed by atoms with Crippen LogP contribution in [0.25, 0.3) is 0 Å². The summed E-state index contributed by atoms with van der Waals surface area (Å²) in [5.41, 5.74) is 1.11. The summed E-state index contributed by atoms with van der Waals surface area (Å²) in [6.07, 6.45) is 0.557. The number of rotatable bonds is 7. The van der Waals surface area contributed by atoms with E-state index in [0.29, 0.717) is 22.8 Å². The maximum atomic E-state index is 14.2. The van der Waals surface area contributed by atoms with Crippen molar-refractivity contribution in [3.8, 4) is 0 Å². The molecule has 2 aromatic rings. The summed E-state index contributed by atoms with van der Waals surface area (Å²) in [6.45, 7) is 3.55. The first-order valence-electron chi connectivity index (χ1n) is 12.4. The number of benzene rings is 2. The fourth-order valence-corrected chi connectivity index (χ4v) is 9.94. The fourth-order valence-electron chi connectivity index (χ4n) is 6.15. The number of halogens is 2. The maximum absolute atomic E-state index is 14.2. The van der Waals surface area contributed by atoms with E-state index in [4.69, 9.17) is 11.6 Å². The molecular formula is C27H29BrClN3O4S. The molecule has 7 atom stereocenters. The second-order valence-corrected chi connectivity index (χ2v) is 13.4. The topological polar surface area (TPSA) is 98.7 Å². The molecule has 0 aromatic heterocycles. The highest BCUT2D eigenvalue weighted by Crippen LogP contribution is 2.68. The molecule has 3 saturated heterocycles. The zero-order chi connectivity index (χ0) is 26.5. The van der Waals surface area contributed by atoms with Crippen LogP contribution >= 0.6 is 39.3 Å². The lowest BCUT2D eigenvalue weighted by Gasteiger charge is -2.38. The molecule has 0 radical (unpaired) electrons. The minimum atomic E-state index is -0.870. The van der Waals surface area contributed by atoms with Crippen molar-refractivity contribution in [1.82, 2.24) is 4.90 Å². The number of alkyl halides is 1. The van der Waals surface area contributed by atoms with Gasteiger partial charge in [0, 0.05) is 15.8 Å². The van der Waals surface area contributed by atoms with Gasteiger partial charge in [-0.25, -0.2) is 0 Å². The van der Waals surface area contributed by atoms with E-state index in [1.807, 2.05) is 44.2 Å². The minimum absolute atomic E-state index is 0.0461. The van der Waals surface area contributed by atoms with Crippen molar-refractivity contribution < 1.29 is 19.5 Å². The Morgan fingerprint density at radius 3 is 2.46 bits per heavy atom. The van der Waals surface area contributed by atoms with E-state index in [0.717, 1.165) is 0 Å². The normalized spacial score (nSPS) is 30.9. The second kappa shape index (κ2) is 10.2. The van der Waals surface area contributed by atoms with Crippen molar-refractivity contribution in [2.45, 2.75) is 47.2 Å². The maximum Gasteiger partial charge on any atom is 0.248 e. The van der Waals surface area contributed by atoms with E-state index >= 15 is 0 Å². The van der Waals surface area contributed by atoms with Crippen molar-refractivity contribution in [3.63, 3.8) is 0 Å². The zero-order valence-electron chi connectivity index (χ0n) is 20.4. The van der Waals surface area contributed by atoms with Crippen molar-refractivity contribution in [2.75, 3.05) is 17.2 Å². The van der Waals surface area contributed by atoms with Crippen LogP contribution < -0.4 is 10.6 Å². The zero-order valence-corrected chi connectivity index (χ0v) is 23.6. The third-order valence-electron chi connectivity index (χ3n) is 7.77. The van der Waals surface area contributed by atoms with Crippen LogP contribution in [-0.4, -0.2) is 61.2 Å². The number of nitrogens with zero attached hydrogens (tertiary/aromatic N) is 1. The molecule has 10 heteroatoms. The quantitative estimate of drug-likeness (QED) is 0.406. The Morgan fingerprint density at radius 1 is 1.14 bits per heavy atom. The van der Waals surface area contributed by atoms with E-state index in [-0.39, 0.29) is 40.3 Å². The second-order valence-electron chi connectivity index (χ2n) is 10.2. The van der Waals surface area contributed by atoms with Crippen LogP contribution in [0.15, 0.2) is 54.6 Å². The van der Waals surface area contributed by atoms with Crippen LogP contribution in [0.1, 0.15) is 20.3 Å². The average molecular weight is 607 g/mol. The number of fused-ring (bicyclic) bond motifs is 1. The summed E-state index contributed by atoms with van der Waals surface area (Å²) in [4.78, 5) is 43.3. The van der Waals surface area contributed by atoms with Crippen molar-refractivity contribution >= 4 is 68.4 Å². The monoisotopic (exact) mass is 605 g/mol. The SMILES string of the molecule is CC(C)[C@H](CO)N1C(=O)[C@@H]2[C@@H](C(=O)Nc3ccccc3)[C@@H]3SC2(CC3Br)C1C(=O)Nc1ccccc1Cl. The first-order chi connectivity index (χ1) is 17.7. The van der Waals surface area contributed by atoms with E-state index in [1.165, 1.54) is 0 Å². The molecule has 3 N–H and O–H groups in total. The number of carbonyl (C=O) groups excluding carboxylic acids is 3. The number of likely N-dealkylation sites (tertiary alicyclic amines) is 1. The third-order valence-corrected chi connectivity index (χ3v) is 11.3. The van der Waals surface area contributed by atoms with E-state index < -0.39 is 28.7 Å². The van der Waals surface area contributed by atoms with Gasteiger partial charge in [0.1, 0.15) is 6.04 Å². The summed E-state index contributed by atoms with van der Waals surface area (Å²) < 4.78 is -0.817. The molecule has 1 spiro atoms. The fraction of sp³-hybridized carbons (Fsp3) is 0.444. The first-order valence-corrected chi connectivity index (χ1v) is 14.5. The number of para-hydroxylation sites is 2. The van der Waals surface area contributed by atoms with Crippen LogP contribution in [0.4, 0.5) is 11.4 Å². The first kappa shape index (κ1) is 26.5. The molecule has 0 aliphatic carbocycles.